The molecule has 1 saturated carbocycles. The van der Waals surface area contributed by atoms with Crippen LogP contribution in [0.2, 0.25) is 0 Å². The Balaban J connectivity index is 1.62. The molecule has 3 rings (SSSR count). The SMILES string of the molecule is COc1ccc(-c2ccc(C(F)(F)F)cc2)cc1CNC1CCC(CNC(=O)O)CC1. The molecule has 0 bridgehead atoms. The van der Waals surface area contributed by atoms with Gasteiger partial charge in [0.15, 0.2) is 0 Å². The minimum absolute atomic E-state index is 0.334. The van der Waals surface area contributed by atoms with Crippen LogP contribution in [0.1, 0.15) is 36.8 Å². The lowest BCUT2D eigenvalue weighted by Gasteiger charge is -2.29. The van der Waals surface area contributed by atoms with Crippen LogP contribution in [0.25, 0.3) is 11.1 Å². The number of amides is 1. The molecule has 31 heavy (non-hydrogen) atoms. The van der Waals surface area contributed by atoms with Gasteiger partial charge in [0, 0.05) is 24.7 Å². The average Bonchev–Trinajstić information content (AvgIpc) is 2.76. The van der Waals surface area contributed by atoms with Crippen molar-refractivity contribution in [3.63, 3.8) is 0 Å². The molecule has 2 aromatic rings. The number of benzene rings is 2. The highest BCUT2D eigenvalue weighted by Gasteiger charge is 2.30. The third kappa shape index (κ3) is 6.37. The van der Waals surface area contributed by atoms with Gasteiger partial charge in [0.2, 0.25) is 0 Å². The van der Waals surface area contributed by atoms with Gasteiger partial charge in [-0.3, -0.25) is 0 Å². The molecule has 5 nitrogen and oxygen atoms in total. The molecule has 1 amide bonds. The molecule has 1 aliphatic rings. The van der Waals surface area contributed by atoms with Crippen LogP contribution >= 0.6 is 0 Å². The predicted octanol–water partition coefficient (Wildman–Crippen LogP) is 5.30. The molecule has 1 aliphatic carbocycles. The van der Waals surface area contributed by atoms with Gasteiger partial charge in [0.25, 0.3) is 0 Å². The first-order valence-electron chi connectivity index (χ1n) is 10.3. The molecular formula is C23H27F3N2O3. The number of halogens is 3. The van der Waals surface area contributed by atoms with Crippen LogP contribution in [0.5, 0.6) is 5.75 Å². The number of carboxylic acid groups (broad SMARTS) is 1. The maximum Gasteiger partial charge on any atom is 0.416 e. The highest BCUT2D eigenvalue weighted by molar-refractivity contribution is 5.66. The summed E-state index contributed by atoms with van der Waals surface area (Å²) < 4.78 is 43.9. The zero-order chi connectivity index (χ0) is 22.4. The van der Waals surface area contributed by atoms with Gasteiger partial charge in [-0.2, -0.15) is 13.2 Å². The Labute approximate surface area is 179 Å². The van der Waals surface area contributed by atoms with E-state index in [-0.39, 0.29) is 0 Å². The quantitative estimate of drug-likeness (QED) is 0.551. The van der Waals surface area contributed by atoms with Gasteiger partial charge >= 0.3 is 12.3 Å². The highest BCUT2D eigenvalue weighted by atomic mass is 19.4. The van der Waals surface area contributed by atoms with Crippen molar-refractivity contribution in [2.75, 3.05) is 13.7 Å². The lowest BCUT2D eigenvalue weighted by molar-refractivity contribution is -0.137. The fourth-order valence-electron chi connectivity index (χ4n) is 4.00. The van der Waals surface area contributed by atoms with Crippen molar-refractivity contribution < 1.29 is 27.8 Å². The Bertz CT molecular complexity index is 877. The van der Waals surface area contributed by atoms with Gasteiger partial charge in [-0.25, -0.2) is 4.79 Å². The van der Waals surface area contributed by atoms with Crippen LogP contribution in [-0.2, 0) is 12.7 Å². The zero-order valence-corrected chi connectivity index (χ0v) is 17.3. The molecule has 0 aliphatic heterocycles. The highest BCUT2D eigenvalue weighted by Crippen LogP contribution is 2.32. The molecule has 1 fully saturated rings. The van der Waals surface area contributed by atoms with Crippen LogP contribution in [0.4, 0.5) is 18.0 Å². The van der Waals surface area contributed by atoms with Crippen molar-refractivity contribution in [1.82, 2.24) is 10.6 Å². The Morgan fingerprint density at radius 3 is 2.29 bits per heavy atom. The molecule has 0 heterocycles. The monoisotopic (exact) mass is 436 g/mol. The summed E-state index contributed by atoms with van der Waals surface area (Å²) in [5.74, 6) is 1.09. The van der Waals surface area contributed by atoms with Crippen molar-refractivity contribution in [3.8, 4) is 16.9 Å². The summed E-state index contributed by atoms with van der Waals surface area (Å²) in [6, 6.07) is 11.1. The largest absolute Gasteiger partial charge is 0.496 e. The molecule has 3 N–H and O–H groups in total. The second kappa shape index (κ2) is 10.0. The molecule has 0 saturated heterocycles. The Morgan fingerprint density at radius 1 is 1.06 bits per heavy atom. The van der Waals surface area contributed by atoms with Gasteiger partial charge in [0.05, 0.1) is 12.7 Å². The maximum atomic E-state index is 12.8. The summed E-state index contributed by atoms with van der Waals surface area (Å²) >= 11 is 0. The average molecular weight is 436 g/mol. The minimum Gasteiger partial charge on any atom is -0.496 e. The van der Waals surface area contributed by atoms with E-state index in [9.17, 15) is 18.0 Å². The third-order valence-electron chi connectivity index (χ3n) is 5.80. The smallest absolute Gasteiger partial charge is 0.416 e. The van der Waals surface area contributed by atoms with Crippen molar-refractivity contribution >= 4 is 6.09 Å². The number of methoxy groups -OCH3 is 1. The molecule has 168 valence electrons. The van der Waals surface area contributed by atoms with E-state index in [0.717, 1.165) is 54.7 Å². The van der Waals surface area contributed by atoms with Gasteiger partial charge in [0.1, 0.15) is 5.75 Å². The number of hydrogen-bond donors (Lipinski definition) is 3. The van der Waals surface area contributed by atoms with E-state index in [0.29, 0.717) is 30.6 Å². The van der Waals surface area contributed by atoms with Crippen LogP contribution in [0.3, 0.4) is 0 Å². The van der Waals surface area contributed by atoms with E-state index in [1.807, 2.05) is 18.2 Å². The van der Waals surface area contributed by atoms with Crippen molar-refractivity contribution in [2.45, 2.75) is 44.4 Å². The second-order valence-electron chi connectivity index (χ2n) is 7.89. The molecular weight excluding hydrogens is 409 g/mol. The first kappa shape index (κ1) is 22.9. The fourth-order valence-corrected chi connectivity index (χ4v) is 4.00. The van der Waals surface area contributed by atoms with Crippen molar-refractivity contribution in [3.05, 3.63) is 53.6 Å². The molecule has 8 heteroatoms. The van der Waals surface area contributed by atoms with Crippen LogP contribution in [0.15, 0.2) is 42.5 Å². The number of carbonyl (C=O) groups is 1. The molecule has 0 aromatic heterocycles. The Morgan fingerprint density at radius 2 is 1.71 bits per heavy atom. The van der Waals surface area contributed by atoms with Crippen LogP contribution < -0.4 is 15.4 Å². The summed E-state index contributed by atoms with van der Waals surface area (Å²) in [6.45, 7) is 1.07. The minimum atomic E-state index is -4.35. The lowest BCUT2D eigenvalue weighted by atomic mass is 9.86. The van der Waals surface area contributed by atoms with Gasteiger partial charge < -0.3 is 20.5 Å². The summed E-state index contributed by atoms with van der Waals surface area (Å²) in [6.07, 6.45) is -1.49. The molecule has 0 atom stereocenters. The van der Waals surface area contributed by atoms with E-state index in [2.05, 4.69) is 10.6 Å². The van der Waals surface area contributed by atoms with Crippen molar-refractivity contribution in [2.24, 2.45) is 5.92 Å². The number of nitrogens with one attached hydrogen (secondary N) is 2. The van der Waals surface area contributed by atoms with Crippen LogP contribution in [-0.4, -0.2) is 30.9 Å². The second-order valence-corrected chi connectivity index (χ2v) is 7.89. The summed E-state index contributed by atoms with van der Waals surface area (Å²) in [7, 11) is 1.59. The fraction of sp³-hybridized carbons (Fsp3) is 0.435. The molecule has 2 aromatic carbocycles. The van der Waals surface area contributed by atoms with Gasteiger partial charge in [-0.05, 0) is 67.0 Å². The zero-order valence-electron chi connectivity index (χ0n) is 17.3. The number of rotatable bonds is 7. The number of ether oxygens (including phenoxy) is 1. The Kier molecular flexibility index (Phi) is 7.43. The number of hydrogen-bond acceptors (Lipinski definition) is 3. The normalized spacial score (nSPS) is 19.1. The van der Waals surface area contributed by atoms with E-state index in [1.54, 1.807) is 7.11 Å². The van der Waals surface area contributed by atoms with Gasteiger partial charge in [-0.1, -0.05) is 18.2 Å². The standard InChI is InChI=1S/C23H27F3N2O3/c1-31-21-11-6-17(16-4-7-19(8-5-16)23(24,25)26)12-18(21)14-27-20-9-2-15(3-10-20)13-28-22(29)30/h4-8,11-12,15,20,27-28H,2-3,9-10,13-14H2,1H3,(H,29,30). The van der Waals surface area contributed by atoms with Gasteiger partial charge in [-0.15, -0.1) is 0 Å². The first-order chi connectivity index (χ1) is 14.8. The molecule has 0 radical (unpaired) electrons. The van der Waals surface area contributed by atoms with E-state index >= 15 is 0 Å². The number of alkyl halides is 3. The topological polar surface area (TPSA) is 70.6 Å². The summed E-state index contributed by atoms with van der Waals surface area (Å²) in [4.78, 5) is 10.6. The van der Waals surface area contributed by atoms with E-state index in [1.165, 1.54) is 12.1 Å². The molecule has 0 spiro atoms. The maximum absolute atomic E-state index is 12.8. The van der Waals surface area contributed by atoms with Crippen molar-refractivity contribution in [1.29, 1.82) is 0 Å². The lowest BCUT2D eigenvalue weighted by Crippen LogP contribution is -2.36. The van der Waals surface area contributed by atoms with E-state index < -0.39 is 17.8 Å². The first-order valence-corrected chi connectivity index (χ1v) is 10.3. The predicted molar refractivity (Wildman–Crippen MR) is 112 cm³/mol. The molecule has 0 unspecified atom stereocenters. The van der Waals surface area contributed by atoms with Crippen LogP contribution in [0, 0.1) is 5.92 Å². The summed E-state index contributed by atoms with van der Waals surface area (Å²) in [5, 5.41) is 14.7. The van der Waals surface area contributed by atoms with E-state index in [4.69, 9.17) is 9.84 Å². The Hall–Kier alpha value is -2.74. The third-order valence-corrected chi connectivity index (χ3v) is 5.80. The summed E-state index contributed by atoms with van der Waals surface area (Å²) in [5.41, 5.74) is 1.81.